The fourth-order valence-electron chi connectivity index (χ4n) is 3.20. The maximum atomic E-state index is 12.2. The maximum Gasteiger partial charge on any atom is 0.412 e. The Morgan fingerprint density at radius 3 is 2.69 bits per heavy atom. The summed E-state index contributed by atoms with van der Waals surface area (Å²) in [5.41, 5.74) is 4.94. The van der Waals surface area contributed by atoms with Gasteiger partial charge in [-0.1, -0.05) is 18.2 Å². The molecule has 26 heavy (non-hydrogen) atoms. The summed E-state index contributed by atoms with van der Waals surface area (Å²) < 4.78 is 10.7. The van der Waals surface area contributed by atoms with Crippen LogP contribution in [0.1, 0.15) is 31.9 Å². The molecule has 0 fully saturated rings. The third kappa shape index (κ3) is 4.17. The number of nitrogens with one attached hydrogen (secondary N) is 2. The highest BCUT2D eigenvalue weighted by Crippen LogP contribution is 2.34. The number of fused-ring (bicyclic) bond motifs is 1. The highest BCUT2D eigenvalue weighted by atomic mass is 16.6. The summed E-state index contributed by atoms with van der Waals surface area (Å²) in [6.45, 7) is 7.21. The summed E-state index contributed by atoms with van der Waals surface area (Å²) in [7, 11) is 1.67. The van der Waals surface area contributed by atoms with E-state index in [9.17, 15) is 4.79 Å². The van der Waals surface area contributed by atoms with E-state index in [2.05, 4.69) is 22.8 Å². The van der Waals surface area contributed by atoms with Crippen LogP contribution in [0.15, 0.2) is 36.4 Å². The SMILES string of the molecule is COc1cccc(-c2ccc(NC(=O)OC(C)(C)C)c3c2CCNC3)c1. The van der Waals surface area contributed by atoms with Gasteiger partial charge in [-0.2, -0.15) is 0 Å². The van der Waals surface area contributed by atoms with Crippen molar-refractivity contribution in [3.8, 4) is 16.9 Å². The first kappa shape index (κ1) is 18.3. The second kappa shape index (κ2) is 7.38. The van der Waals surface area contributed by atoms with Crippen LogP contribution in [-0.4, -0.2) is 25.3 Å². The Balaban J connectivity index is 1.96. The van der Waals surface area contributed by atoms with E-state index in [4.69, 9.17) is 9.47 Å². The third-order valence-electron chi connectivity index (χ3n) is 4.30. The summed E-state index contributed by atoms with van der Waals surface area (Å²) in [5.74, 6) is 0.834. The maximum absolute atomic E-state index is 12.2. The second-order valence-electron chi connectivity index (χ2n) is 7.40. The number of hydrogen-bond donors (Lipinski definition) is 2. The number of methoxy groups -OCH3 is 1. The van der Waals surface area contributed by atoms with Gasteiger partial charge in [0.2, 0.25) is 0 Å². The Bertz CT molecular complexity index is 809. The van der Waals surface area contributed by atoms with E-state index in [1.165, 1.54) is 11.1 Å². The Labute approximate surface area is 154 Å². The number of benzene rings is 2. The van der Waals surface area contributed by atoms with Crippen molar-refractivity contribution >= 4 is 11.8 Å². The second-order valence-corrected chi connectivity index (χ2v) is 7.40. The third-order valence-corrected chi connectivity index (χ3v) is 4.30. The average Bonchev–Trinajstić information content (AvgIpc) is 2.60. The Morgan fingerprint density at radius 2 is 1.96 bits per heavy atom. The Hall–Kier alpha value is -2.53. The number of carbonyl (C=O) groups excluding carboxylic acids is 1. The lowest BCUT2D eigenvalue weighted by Gasteiger charge is -2.25. The number of rotatable bonds is 3. The summed E-state index contributed by atoms with van der Waals surface area (Å²) >= 11 is 0. The molecule has 5 heteroatoms. The van der Waals surface area contributed by atoms with Crippen molar-refractivity contribution in [1.29, 1.82) is 0 Å². The first-order valence-electron chi connectivity index (χ1n) is 8.87. The van der Waals surface area contributed by atoms with Gasteiger partial charge in [-0.25, -0.2) is 4.79 Å². The van der Waals surface area contributed by atoms with E-state index in [1.54, 1.807) is 7.11 Å². The lowest BCUT2D eigenvalue weighted by Crippen LogP contribution is -2.29. The molecule has 5 nitrogen and oxygen atoms in total. The zero-order valence-corrected chi connectivity index (χ0v) is 15.8. The minimum atomic E-state index is -0.525. The van der Waals surface area contributed by atoms with Crippen LogP contribution in [0.2, 0.25) is 0 Å². The lowest BCUT2D eigenvalue weighted by molar-refractivity contribution is 0.0635. The molecule has 1 aliphatic heterocycles. The van der Waals surface area contributed by atoms with Gasteiger partial charge in [-0.3, -0.25) is 5.32 Å². The summed E-state index contributed by atoms with van der Waals surface area (Å²) in [5, 5.41) is 6.29. The van der Waals surface area contributed by atoms with Crippen LogP contribution < -0.4 is 15.4 Å². The molecular weight excluding hydrogens is 328 g/mol. The van der Waals surface area contributed by atoms with Crippen molar-refractivity contribution in [3.05, 3.63) is 47.5 Å². The Morgan fingerprint density at radius 1 is 1.15 bits per heavy atom. The smallest absolute Gasteiger partial charge is 0.412 e. The normalized spacial score (nSPS) is 13.7. The molecule has 2 aromatic rings. The van der Waals surface area contributed by atoms with Gasteiger partial charge < -0.3 is 14.8 Å². The van der Waals surface area contributed by atoms with Crippen LogP contribution in [0.5, 0.6) is 5.75 Å². The van der Waals surface area contributed by atoms with Gasteiger partial charge >= 0.3 is 6.09 Å². The predicted molar refractivity (Wildman–Crippen MR) is 104 cm³/mol. The van der Waals surface area contributed by atoms with Gasteiger partial charge in [-0.15, -0.1) is 0 Å². The summed E-state index contributed by atoms with van der Waals surface area (Å²) in [6.07, 6.45) is 0.477. The number of hydrogen-bond acceptors (Lipinski definition) is 4. The van der Waals surface area contributed by atoms with Gasteiger partial charge in [0, 0.05) is 12.2 Å². The molecule has 0 aromatic heterocycles. The van der Waals surface area contributed by atoms with Crippen LogP contribution >= 0.6 is 0 Å². The molecule has 0 saturated heterocycles. The number of carbonyl (C=O) groups is 1. The molecule has 138 valence electrons. The van der Waals surface area contributed by atoms with Gasteiger partial charge in [0.1, 0.15) is 11.4 Å². The quantitative estimate of drug-likeness (QED) is 0.860. The van der Waals surface area contributed by atoms with Crippen molar-refractivity contribution in [1.82, 2.24) is 5.32 Å². The van der Waals surface area contributed by atoms with Crippen LogP contribution in [0.25, 0.3) is 11.1 Å². The van der Waals surface area contributed by atoms with Gasteiger partial charge in [0.15, 0.2) is 0 Å². The molecule has 0 aliphatic carbocycles. The van der Waals surface area contributed by atoms with E-state index < -0.39 is 11.7 Å². The molecule has 0 bridgehead atoms. The van der Waals surface area contributed by atoms with Crippen LogP contribution in [0.3, 0.4) is 0 Å². The van der Waals surface area contributed by atoms with Crippen molar-refractivity contribution in [2.75, 3.05) is 19.0 Å². The number of anilines is 1. The van der Waals surface area contributed by atoms with Gasteiger partial charge in [0.05, 0.1) is 7.11 Å². The molecule has 0 atom stereocenters. The molecule has 3 rings (SSSR count). The largest absolute Gasteiger partial charge is 0.497 e. The van der Waals surface area contributed by atoms with Crippen LogP contribution in [-0.2, 0) is 17.7 Å². The van der Waals surface area contributed by atoms with Crippen molar-refractivity contribution in [3.63, 3.8) is 0 Å². The van der Waals surface area contributed by atoms with E-state index in [0.717, 1.165) is 42.1 Å². The predicted octanol–water partition coefficient (Wildman–Crippen LogP) is 4.35. The highest BCUT2D eigenvalue weighted by molar-refractivity contribution is 5.88. The van der Waals surface area contributed by atoms with Crippen LogP contribution in [0.4, 0.5) is 10.5 Å². The first-order chi connectivity index (χ1) is 12.4. The monoisotopic (exact) mass is 354 g/mol. The fraction of sp³-hybridized carbons (Fsp3) is 0.381. The minimum absolute atomic E-state index is 0.431. The standard InChI is InChI=1S/C21H26N2O3/c1-21(2,3)26-20(24)23-19-9-8-16(17-10-11-22-13-18(17)19)14-6-5-7-15(12-14)25-4/h5-9,12,22H,10-11,13H2,1-4H3,(H,23,24). The average molecular weight is 354 g/mol. The number of amides is 1. The zero-order valence-electron chi connectivity index (χ0n) is 15.8. The van der Waals surface area contributed by atoms with E-state index >= 15 is 0 Å². The molecule has 1 heterocycles. The molecule has 0 radical (unpaired) electrons. The van der Waals surface area contributed by atoms with Gasteiger partial charge in [0.25, 0.3) is 0 Å². The topological polar surface area (TPSA) is 59.6 Å². The van der Waals surface area contributed by atoms with E-state index in [0.29, 0.717) is 0 Å². The Kier molecular flexibility index (Phi) is 5.18. The number of ether oxygens (including phenoxy) is 2. The van der Waals surface area contributed by atoms with E-state index in [-0.39, 0.29) is 0 Å². The molecule has 1 amide bonds. The molecule has 0 spiro atoms. The molecule has 2 N–H and O–H groups in total. The summed E-state index contributed by atoms with van der Waals surface area (Å²) in [6, 6.07) is 12.1. The van der Waals surface area contributed by atoms with Crippen LogP contribution in [0, 0.1) is 0 Å². The van der Waals surface area contributed by atoms with Crippen molar-refractivity contribution in [2.45, 2.75) is 39.3 Å². The molecule has 2 aromatic carbocycles. The van der Waals surface area contributed by atoms with Gasteiger partial charge in [-0.05, 0) is 74.2 Å². The lowest BCUT2D eigenvalue weighted by atomic mass is 9.90. The fourth-order valence-corrected chi connectivity index (χ4v) is 3.20. The van der Waals surface area contributed by atoms with Crippen molar-refractivity contribution < 1.29 is 14.3 Å². The highest BCUT2D eigenvalue weighted by Gasteiger charge is 2.21. The zero-order chi connectivity index (χ0) is 18.7. The minimum Gasteiger partial charge on any atom is -0.497 e. The molecule has 0 saturated carbocycles. The van der Waals surface area contributed by atoms with E-state index in [1.807, 2.05) is 45.0 Å². The molecule has 1 aliphatic rings. The molecule has 0 unspecified atom stereocenters. The summed E-state index contributed by atoms with van der Waals surface area (Å²) in [4.78, 5) is 12.2. The molecular formula is C21H26N2O3. The first-order valence-corrected chi connectivity index (χ1v) is 8.87. The van der Waals surface area contributed by atoms with Crippen molar-refractivity contribution in [2.24, 2.45) is 0 Å².